The van der Waals surface area contributed by atoms with Crippen LogP contribution in [-0.2, 0) is 4.79 Å². The van der Waals surface area contributed by atoms with Gasteiger partial charge in [0.05, 0.1) is 21.3 Å². The largest absolute Gasteiger partial charge is 0.493 e. The Labute approximate surface area is 163 Å². The molecule has 28 heavy (non-hydrogen) atoms. The minimum Gasteiger partial charge on any atom is -0.493 e. The molecule has 7 nitrogen and oxygen atoms in total. The van der Waals surface area contributed by atoms with E-state index in [1.54, 1.807) is 12.1 Å². The van der Waals surface area contributed by atoms with Crippen molar-refractivity contribution in [2.75, 3.05) is 39.3 Å². The predicted molar refractivity (Wildman–Crippen MR) is 103 cm³/mol. The zero-order valence-corrected chi connectivity index (χ0v) is 16.2. The van der Waals surface area contributed by atoms with Crippen LogP contribution in [0.5, 0.6) is 17.2 Å². The summed E-state index contributed by atoms with van der Waals surface area (Å²) in [5.74, 6) is 0.159. The summed E-state index contributed by atoms with van der Waals surface area (Å²) in [4.78, 5) is 25.8. The Bertz CT molecular complexity index is 814. The molecule has 0 aliphatic heterocycles. The number of benzene rings is 2. The molecule has 8 heteroatoms. The molecule has 2 amide bonds. The van der Waals surface area contributed by atoms with E-state index in [-0.39, 0.29) is 30.7 Å². The number of nitrogens with zero attached hydrogens (tertiary/aromatic N) is 1. The molecule has 0 bridgehead atoms. The summed E-state index contributed by atoms with van der Waals surface area (Å²) < 4.78 is 28.8. The lowest BCUT2D eigenvalue weighted by atomic mass is 10.1. The molecule has 2 aromatic carbocycles. The van der Waals surface area contributed by atoms with Crippen LogP contribution < -0.4 is 24.4 Å². The maximum Gasteiger partial charge on any atom is 0.251 e. The topological polar surface area (TPSA) is 77.1 Å². The number of carbonyl (C=O) groups is 2. The van der Waals surface area contributed by atoms with Crippen molar-refractivity contribution in [1.82, 2.24) is 5.32 Å². The molecule has 2 rings (SSSR count). The number of methoxy groups -OCH3 is 3. The van der Waals surface area contributed by atoms with Gasteiger partial charge < -0.3 is 24.4 Å². The molecular weight excluding hydrogens is 367 g/mol. The summed E-state index contributed by atoms with van der Waals surface area (Å²) in [6.45, 7) is 1.84. The minimum atomic E-state index is -0.386. The fourth-order valence-corrected chi connectivity index (χ4v) is 2.68. The Morgan fingerprint density at radius 2 is 1.57 bits per heavy atom. The minimum absolute atomic E-state index is 0.201. The van der Waals surface area contributed by atoms with Crippen LogP contribution in [0.15, 0.2) is 36.4 Å². The highest BCUT2D eigenvalue weighted by molar-refractivity contribution is 5.96. The predicted octanol–water partition coefficient (Wildman–Crippen LogP) is 2.63. The summed E-state index contributed by atoms with van der Waals surface area (Å²) in [7, 11) is 4.41. The lowest BCUT2D eigenvalue weighted by Crippen LogP contribution is -2.37. The second-order valence-electron chi connectivity index (χ2n) is 5.82. The zero-order chi connectivity index (χ0) is 20.7. The van der Waals surface area contributed by atoms with Crippen LogP contribution in [0.4, 0.5) is 10.1 Å². The Morgan fingerprint density at radius 3 is 2.04 bits per heavy atom. The van der Waals surface area contributed by atoms with E-state index in [4.69, 9.17) is 14.2 Å². The third kappa shape index (κ3) is 4.91. The number of ether oxygens (including phenoxy) is 3. The Kier molecular flexibility index (Phi) is 7.20. The van der Waals surface area contributed by atoms with Crippen LogP contribution in [0.25, 0.3) is 0 Å². The standard InChI is InChI=1S/C20H23FN2O5/c1-13(24)23(16-7-5-15(21)6-8-16)10-9-22-20(25)14-11-17(26-2)19(28-4)18(12-14)27-3/h5-8,11-12H,9-10H2,1-4H3,(H,22,25). The first-order chi connectivity index (χ1) is 13.4. The maximum absolute atomic E-state index is 13.1. The fraction of sp³-hybridized carbons (Fsp3) is 0.300. The summed E-state index contributed by atoms with van der Waals surface area (Å²) in [5.41, 5.74) is 0.876. The first kappa shape index (κ1) is 21.0. The SMILES string of the molecule is COc1cc(C(=O)NCCN(C(C)=O)c2ccc(F)cc2)cc(OC)c1OC. The van der Waals surface area contributed by atoms with Gasteiger partial charge in [-0.1, -0.05) is 0 Å². The smallest absolute Gasteiger partial charge is 0.251 e. The quantitative estimate of drug-likeness (QED) is 0.750. The molecule has 0 fully saturated rings. The van der Waals surface area contributed by atoms with Crippen LogP contribution in [0.2, 0.25) is 0 Å². The van der Waals surface area contributed by atoms with Gasteiger partial charge in [0.1, 0.15) is 5.82 Å². The van der Waals surface area contributed by atoms with Crippen LogP contribution in [0.3, 0.4) is 0 Å². The van der Waals surface area contributed by atoms with Crippen molar-refractivity contribution in [3.8, 4) is 17.2 Å². The van der Waals surface area contributed by atoms with Crippen molar-refractivity contribution in [2.24, 2.45) is 0 Å². The molecule has 2 aromatic rings. The highest BCUT2D eigenvalue weighted by Gasteiger charge is 2.17. The van der Waals surface area contributed by atoms with E-state index in [9.17, 15) is 14.0 Å². The average molecular weight is 390 g/mol. The monoisotopic (exact) mass is 390 g/mol. The van der Waals surface area contributed by atoms with Gasteiger partial charge in [-0.15, -0.1) is 0 Å². The van der Waals surface area contributed by atoms with Crippen LogP contribution in [0, 0.1) is 5.82 Å². The number of nitrogens with one attached hydrogen (secondary N) is 1. The van der Waals surface area contributed by atoms with E-state index in [0.29, 0.717) is 28.5 Å². The Morgan fingerprint density at radius 1 is 1.00 bits per heavy atom. The fourth-order valence-electron chi connectivity index (χ4n) is 2.68. The molecule has 0 heterocycles. The molecule has 1 N–H and O–H groups in total. The lowest BCUT2D eigenvalue weighted by molar-refractivity contribution is -0.116. The Hall–Kier alpha value is -3.29. The third-order valence-electron chi connectivity index (χ3n) is 4.07. The van der Waals surface area contributed by atoms with E-state index in [2.05, 4.69) is 5.32 Å². The first-order valence-corrected chi connectivity index (χ1v) is 8.53. The summed E-state index contributed by atoms with van der Waals surface area (Å²) >= 11 is 0. The molecule has 0 saturated heterocycles. The van der Waals surface area contributed by atoms with Gasteiger partial charge in [0, 0.05) is 31.3 Å². The zero-order valence-electron chi connectivity index (χ0n) is 16.2. The summed E-state index contributed by atoms with van der Waals surface area (Å²) in [6.07, 6.45) is 0. The first-order valence-electron chi connectivity index (χ1n) is 8.53. The van der Waals surface area contributed by atoms with Gasteiger partial charge in [0.2, 0.25) is 11.7 Å². The van der Waals surface area contributed by atoms with Crippen molar-refractivity contribution >= 4 is 17.5 Å². The highest BCUT2D eigenvalue weighted by atomic mass is 19.1. The molecule has 0 radical (unpaired) electrons. The summed E-state index contributed by atoms with van der Waals surface area (Å²) in [5, 5.41) is 2.75. The van der Waals surface area contributed by atoms with E-state index in [1.165, 1.54) is 57.4 Å². The number of hydrogen-bond acceptors (Lipinski definition) is 5. The molecule has 0 atom stereocenters. The molecule has 0 aromatic heterocycles. The van der Waals surface area contributed by atoms with Gasteiger partial charge in [0.15, 0.2) is 11.5 Å². The molecule has 0 saturated carbocycles. The number of halogens is 1. The van der Waals surface area contributed by atoms with E-state index >= 15 is 0 Å². The number of amides is 2. The van der Waals surface area contributed by atoms with Crippen LogP contribution in [0.1, 0.15) is 17.3 Å². The van der Waals surface area contributed by atoms with E-state index in [1.807, 2.05) is 0 Å². The van der Waals surface area contributed by atoms with Gasteiger partial charge in [-0.2, -0.15) is 0 Å². The van der Waals surface area contributed by atoms with Crippen LogP contribution >= 0.6 is 0 Å². The van der Waals surface area contributed by atoms with Crippen molar-refractivity contribution in [3.63, 3.8) is 0 Å². The van der Waals surface area contributed by atoms with Crippen LogP contribution in [-0.4, -0.2) is 46.2 Å². The number of hydrogen-bond donors (Lipinski definition) is 1. The van der Waals surface area contributed by atoms with E-state index < -0.39 is 0 Å². The molecule has 0 aliphatic carbocycles. The molecule has 150 valence electrons. The van der Waals surface area contributed by atoms with Gasteiger partial charge >= 0.3 is 0 Å². The van der Waals surface area contributed by atoms with Crippen molar-refractivity contribution in [1.29, 1.82) is 0 Å². The second kappa shape index (κ2) is 9.59. The maximum atomic E-state index is 13.1. The second-order valence-corrected chi connectivity index (χ2v) is 5.82. The molecule has 0 unspecified atom stereocenters. The van der Waals surface area contributed by atoms with Gasteiger partial charge in [0.25, 0.3) is 5.91 Å². The van der Waals surface area contributed by atoms with Gasteiger partial charge in [-0.3, -0.25) is 9.59 Å². The number of anilines is 1. The lowest BCUT2D eigenvalue weighted by Gasteiger charge is -2.21. The number of carbonyl (C=O) groups excluding carboxylic acids is 2. The van der Waals surface area contributed by atoms with Crippen molar-refractivity contribution in [3.05, 3.63) is 47.8 Å². The Balaban J connectivity index is 2.08. The third-order valence-corrected chi connectivity index (χ3v) is 4.07. The van der Waals surface area contributed by atoms with Gasteiger partial charge in [-0.05, 0) is 36.4 Å². The van der Waals surface area contributed by atoms with Crippen molar-refractivity contribution < 1.29 is 28.2 Å². The molecular formula is C20H23FN2O5. The van der Waals surface area contributed by atoms with E-state index in [0.717, 1.165) is 0 Å². The number of rotatable bonds is 8. The van der Waals surface area contributed by atoms with Gasteiger partial charge in [-0.25, -0.2) is 4.39 Å². The molecule has 0 spiro atoms. The molecule has 0 aliphatic rings. The average Bonchev–Trinajstić information content (AvgIpc) is 2.70. The normalized spacial score (nSPS) is 10.2. The highest BCUT2D eigenvalue weighted by Crippen LogP contribution is 2.38. The summed E-state index contributed by atoms with van der Waals surface area (Å²) in [6, 6.07) is 8.66. The van der Waals surface area contributed by atoms with Crippen molar-refractivity contribution in [2.45, 2.75) is 6.92 Å².